The highest BCUT2D eigenvalue weighted by molar-refractivity contribution is 5.91. The third-order valence-electron chi connectivity index (χ3n) is 10.8. The first-order valence-corrected chi connectivity index (χ1v) is 18.3. The monoisotopic (exact) mass is 666 g/mol. The van der Waals surface area contributed by atoms with E-state index in [4.69, 9.17) is 0 Å². The van der Waals surface area contributed by atoms with Gasteiger partial charge in [0.2, 0.25) is 0 Å². The van der Waals surface area contributed by atoms with E-state index in [0.29, 0.717) is 5.92 Å². The molecular weight excluding hydrogens is 613 g/mol. The second kappa shape index (κ2) is 15.8. The molecule has 0 bridgehead atoms. The zero-order chi connectivity index (χ0) is 36.8. The molecule has 51 heavy (non-hydrogen) atoms. The molecule has 3 aromatic rings. The fraction of sp³-hybridized carbons (Fsp3) is 0.216. The summed E-state index contributed by atoms with van der Waals surface area (Å²) in [5.41, 5.74) is 15.6. The van der Waals surface area contributed by atoms with Crippen molar-refractivity contribution in [3.8, 4) is 11.1 Å². The molecule has 0 radical (unpaired) electrons. The molecule has 0 aromatic heterocycles. The largest absolute Gasteiger partial charge is 0.0991 e. The van der Waals surface area contributed by atoms with Crippen molar-refractivity contribution in [2.75, 3.05) is 0 Å². The Morgan fingerprint density at radius 1 is 0.824 bits per heavy atom. The molecule has 0 fully saturated rings. The highest BCUT2D eigenvalue weighted by Gasteiger charge is 2.53. The summed E-state index contributed by atoms with van der Waals surface area (Å²) < 4.78 is 0. The topological polar surface area (TPSA) is 0 Å². The lowest BCUT2D eigenvalue weighted by molar-refractivity contribution is 0.562. The molecule has 5 rings (SSSR count). The van der Waals surface area contributed by atoms with Gasteiger partial charge in [0, 0.05) is 5.41 Å². The van der Waals surface area contributed by atoms with E-state index < -0.39 is 10.8 Å². The van der Waals surface area contributed by atoms with Gasteiger partial charge in [-0.3, -0.25) is 0 Å². The number of hydrogen-bond donors (Lipinski definition) is 0. The second-order valence-electron chi connectivity index (χ2n) is 14.0. The molecule has 0 nitrogen and oxygen atoms in total. The van der Waals surface area contributed by atoms with Crippen LogP contribution in [0.4, 0.5) is 0 Å². The van der Waals surface area contributed by atoms with Gasteiger partial charge in [-0.25, -0.2) is 0 Å². The predicted octanol–water partition coefficient (Wildman–Crippen LogP) is 14.1. The highest BCUT2D eigenvalue weighted by Crippen LogP contribution is 2.63. The molecule has 2 unspecified atom stereocenters. The summed E-state index contributed by atoms with van der Waals surface area (Å²) in [7, 11) is 0. The molecule has 0 saturated carbocycles. The Morgan fingerprint density at radius 3 is 2.22 bits per heavy atom. The minimum Gasteiger partial charge on any atom is -0.0991 e. The number of allylic oxidation sites excluding steroid dienone is 18. The first-order chi connectivity index (χ1) is 24.7. The Labute approximate surface area is 308 Å². The molecule has 0 N–H and O–H groups in total. The van der Waals surface area contributed by atoms with Crippen molar-refractivity contribution < 1.29 is 0 Å². The molecular formula is C51H54. The Bertz CT molecular complexity index is 2070. The van der Waals surface area contributed by atoms with Crippen molar-refractivity contribution in [3.05, 3.63) is 227 Å². The smallest absolute Gasteiger partial charge is 0.0719 e. The third-order valence-corrected chi connectivity index (χ3v) is 10.8. The maximum absolute atomic E-state index is 4.23. The van der Waals surface area contributed by atoms with Gasteiger partial charge in [0.25, 0.3) is 0 Å². The number of fused-ring (bicyclic) bond motifs is 5. The fourth-order valence-electron chi connectivity index (χ4n) is 8.53. The van der Waals surface area contributed by atoms with Gasteiger partial charge in [-0.15, -0.1) is 0 Å². The molecule has 2 aliphatic rings. The second-order valence-corrected chi connectivity index (χ2v) is 14.0. The van der Waals surface area contributed by atoms with Crippen LogP contribution in [0.15, 0.2) is 199 Å². The molecule has 0 heteroatoms. The zero-order valence-electron chi connectivity index (χ0n) is 31.6. The lowest BCUT2D eigenvalue weighted by atomic mass is 9.64. The van der Waals surface area contributed by atoms with Gasteiger partial charge < -0.3 is 0 Å². The maximum Gasteiger partial charge on any atom is 0.0719 e. The lowest BCUT2D eigenvalue weighted by Crippen LogP contribution is -2.31. The Balaban J connectivity index is 1.92. The van der Waals surface area contributed by atoms with E-state index >= 15 is 0 Å². The SMILES string of the molecule is C=C/C=C\CCC(C(/C=C\C(=C)C)=C/C)(c1cccc(C(C)C)c1)c1ccc2c(c1)-c1ccccc1C21C(/C=C\C=C)=C(C)C(=C/C=C)/C1=C\C. The summed E-state index contributed by atoms with van der Waals surface area (Å²) in [6.07, 6.45) is 27.3. The van der Waals surface area contributed by atoms with Gasteiger partial charge in [-0.1, -0.05) is 179 Å². The van der Waals surface area contributed by atoms with Crippen LogP contribution in [0.1, 0.15) is 88.1 Å². The normalized spacial score (nSPS) is 19.9. The molecule has 0 aliphatic heterocycles. The molecule has 1 spiro atoms. The molecule has 2 aliphatic carbocycles. The van der Waals surface area contributed by atoms with E-state index in [0.717, 1.165) is 18.4 Å². The third kappa shape index (κ3) is 6.34. The van der Waals surface area contributed by atoms with E-state index in [1.54, 1.807) is 0 Å². The Hall–Kier alpha value is -5.20. The van der Waals surface area contributed by atoms with Crippen LogP contribution in [0.25, 0.3) is 11.1 Å². The van der Waals surface area contributed by atoms with Crippen molar-refractivity contribution in [1.82, 2.24) is 0 Å². The first kappa shape index (κ1) is 37.1. The minimum absolute atomic E-state index is 0.409. The van der Waals surface area contributed by atoms with Gasteiger partial charge in [-0.2, -0.15) is 0 Å². The van der Waals surface area contributed by atoms with E-state index in [2.05, 4.69) is 189 Å². The van der Waals surface area contributed by atoms with Crippen LogP contribution in [0.5, 0.6) is 0 Å². The van der Waals surface area contributed by atoms with Crippen LogP contribution in [-0.4, -0.2) is 0 Å². The van der Waals surface area contributed by atoms with E-state index in [-0.39, 0.29) is 0 Å². The van der Waals surface area contributed by atoms with Gasteiger partial charge in [0.1, 0.15) is 0 Å². The van der Waals surface area contributed by atoms with Gasteiger partial charge in [-0.05, 0) is 119 Å². The molecule has 3 aromatic carbocycles. The summed E-state index contributed by atoms with van der Waals surface area (Å²) >= 11 is 0. The summed E-state index contributed by atoms with van der Waals surface area (Å²) in [5, 5.41) is 0. The highest BCUT2D eigenvalue weighted by atomic mass is 14.5. The number of rotatable bonds is 13. The molecule has 0 saturated heterocycles. The van der Waals surface area contributed by atoms with Crippen molar-refractivity contribution in [2.24, 2.45) is 0 Å². The minimum atomic E-state index is -0.451. The summed E-state index contributed by atoms with van der Waals surface area (Å²) in [4.78, 5) is 0. The van der Waals surface area contributed by atoms with Gasteiger partial charge in [0.05, 0.1) is 5.41 Å². The standard InChI is InChI=1S/C51H54/c1-11-16-18-21-33-50(40(14-4)30-29-36(6)7,41-25-22-24-39(34-41)37(8)9)42-31-32-49-45(35-42)44-26-19-20-28-48(44)51(49)46(15-5)43(23-13-3)38(10)47(51)27-17-12-2/h11-20,22-32,34-35,37H,1-3,6,21,33H2,4-5,7-10H3/b18-16-,27-17-,30-29-,40-14+,43-23-,46-15+. The first-order valence-electron chi connectivity index (χ1n) is 18.3. The van der Waals surface area contributed by atoms with Gasteiger partial charge in [0.15, 0.2) is 0 Å². The van der Waals surface area contributed by atoms with Crippen molar-refractivity contribution in [3.63, 3.8) is 0 Å². The van der Waals surface area contributed by atoms with Crippen LogP contribution in [-0.2, 0) is 10.8 Å². The maximum atomic E-state index is 4.23. The number of hydrogen-bond acceptors (Lipinski definition) is 0. The molecule has 0 heterocycles. The van der Waals surface area contributed by atoms with Crippen LogP contribution >= 0.6 is 0 Å². The quantitative estimate of drug-likeness (QED) is 0.159. The van der Waals surface area contributed by atoms with Crippen LogP contribution in [0.3, 0.4) is 0 Å². The van der Waals surface area contributed by atoms with Crippen LogP contribution < -0.4 is 0 Å². The molecule has 2 atom stereocenters. The predicted molar refractivity (Wildman–Crippen MR) is 224 cm³/mol. The van der Waals surface area contributed by atoms with Crippen molar-refractivity contribution in [1.29, 1.82) is 0 Å². The van der Waals surface area contributed by atoms with Crippen LogP contribution in [0.2, 0.25) is 0 Å². The zero-order valence-corrected chi connectivity index (χ0v) is 31.6. The van der Waals surface area contributed by atoms with E-state index in [1.807, 2.05) is 18.2 Å². The summed E-state index contributed by atoms with van der Waals surface area (Å²) in [5.74, 6) is 0.409. The lowest BCUT2D eigenvalue weighted by Gasteiger charge is -2.38. The Morgan fingerprint density at radius 2 is 1.55 bits per heavy atom. The van der Waals surface area contributed by atoms with Gasteiger partial charge >= 0.3 is 0 Å². The average Bonchev–Trinajstić information content (AvgIpc) is 3.55. The van der Waals surface area contributed by atoms with Crippen LogP contribution in [0, 0.1) is 0 Å². The Kier molecular flexibility index (Phi) is 11.5. The fourth-order valence-corrected chi connectivity index (χ4v) is 8.53. The molecule has 258 valence electrons. The average molecular weight is 667 g/mol. The van der Waals surface area contributed by atoms with Crippen molar-refractivity contribution >= 4 is 0 Å². The summed E-state index contributed by atoms with van der Waals surface area (Å²) in [6.45, 7) is 29.5. The van der Waals surface area contributed by atoms with E-state index in [1.165, 1.54) is 66.8 Å². The number of benzene rings is 3. The summed E-state index contributed by atoms with van der Waals surface area (Å²) in [6, 6.07) is 25.6. The van der Waals surface area contributed by atoms with Crippen molar-refractivity contribution in [2.45, 2.75) is 71.1 Å². The van der Waals surface area contributed by atoms with E-state index in [9.17, 15) is 0 Å². The molecule has 0 amide bonds.